The molecule has 1 amide bonds. The lowest BCUT2D eigenvalue weighted by atomic mass is 10.1. The van der Waals surface area contributed by atoms with Gasteiger partial charge in [0.05, 0.1) is 6.26 Å². The molecule has 1 saturated heterocycles. The van der Waals surface area contributed by atoms with Crippen molar-refractivity contribution in [3.63, 3.8) is 0 Å². The van der Waals surface area contributed by atoms with Crippen molar-refractivity contribution in [2.45, 2.75) is 6.42 Å². The van der Waals surface area contributed by atoms with Crippen LogP contribution in [0.2, 0.25) is 0 Å². The second-order valence-corrected chi connectivity index (χ2v) is 6.90. The van der Waals surface area contributed by atoms with Crippen LogP contribution in [0.3, 0.4) is 0 Å². The molecule has 0 N–H and O–H groups in total. The Morgan fingerprint density at radius 3 is 2.22 bits per heavy atom. The van der Waals surface area contributed by atoms with E-state index in [1.165, 1.54) is 5.56 Å². The van der Waals surface area contributed by atoms with Gasteiger partial charge in [-0.2, -0.15) is 0 Å². The Morgan fingerprint density at radius 2 is 1.52 bits per heavy atom. The third kappa shape index (κ3) is 4.12. The van der Waals surface area contributed by atoms with Gasteiger partial charge in [-0.05, 0) is 23.6 Å². The molecule has 1 aromatic heterocycles. The molecule has 0 unspecified atom stereocenters. The molecular formula is C23H24N2O2. The zero-order valence-corrected chi connectivity index (χ0v) is 15.4. The number of carbonyl (C=O) groups excluding carboxylic acids is 1. The number of hydrogen-bond donors (Lipinski definition) is 0. The van der Waals surface area contributed by atoms with Gasteiger partial charge in [0.15, 0.2) is 5.76 Å². The largest absolute Gasteiger partial charge is 0.459 e. The van der Waals surface area contributed by atoms with Gasteiger partial charge in [0.1, 0.15) is 0 Å². The maximum absolute atomic E-state index is 13.0. The average Bonchev–Trinajstić information content (AvgIpc) is 3.23. The minimum absolute atomic E-state index is 0.0124. The van der Waals surface area contributed by atoms with Crippen LogP contribution in [0.1, 0.15) is 16.1 Å². The van der Waals surface area contributed by atoms with E-state index in [0.717, 1.165) is 50.3 Å². The van der Waals surface area contributed by atoms with E-state index in [0.29, 0.717) is 5.76 Å². The summed E-state index contributed by atoms with van der Waals surface area (Å²) in [7, 11) is 0. The molecule has 4 heteroatoms. The fourth-order valence-electron chi connectivity index (χ4n) is 3.57. The molecule has 138 valence electrons. The highest BCUT2D eigenvalue weighted by Gasteiger charge is 2.26. The molecule has 0 bridgehead atoms. The fraction of sp³-hybridized carbons (Fsp3) is 0.261. The van der Waals surface area contributed by atoms with E-state index in [-0.39, 0.29) is 5.91 Å². The van der Waals surface area contributed by atoms with Crippen LogP contribution in [0.15, 0.2) is 77.4 Å². The van der Waals surface area contributed by atoms with E-state index in [1.807, 2.05) is 47.4 Å². The first-order valence-corrected chi connectivity index (χ1v) is 9.50. The highest BCUT2D eigenvalue weighted by molar-refractivity contribution is 5.98. The average molecular weight is 360 g/mol. The quantitative estimate of drug-likeness (QED) is 0.691. The van der Waals surface area contributed by atoms with Crippen molar-refractivity contribution in [1.82, 2.24) is 9.80 Å². The number of hydrogen-bond acceptors (Lipinski definition) is 3. The summed E-state index contributed by atoms with van der Waals surface area (Å²) in [4.78, 5) is 17.3. The number of carbonyl (C=O) groups is 1. The Hall–Kier alpha value is -2.85. The van der Waals surface area contributed by atoms with Gasteiger partial charge < -0.3 is 9.32 Å². The van der Waals surface area contributed by atoms with Crippen LogP contribution in [0.4, 0.5) is 0 Å². The van der Waals surface area contributed by atoms with Gasteiger partial charge in [-0.15, -0.1) is 0 Å². The molecule has 0 aliphatic carbocycles. The molecule has 4 rings (SSSR count). The standard InChI is InChI=1S/C23H24N2O2/c26-23(22-21(12-18-27-22)20-9-5-2-6-10-20)25-16-14-24(15-17-25)13-11-19-7-3-1-4-8-19/h1-10,12,18H,11,13-17H2. The SMILES string of the molecule is O=C(c1occc1-c1ccccc1)N1CCN(CCc2ccccc2)CC1. The summed E-state index contributed by atoms with van der Waals surface area (Å²) < 4.78 is 5.56. The Kier molecular flexibility index (Phi) is 5.35. The first-order valence-electron chi connectivity index (χ1n) is 9.50. The Morgan fingerprint density at radius 1 is 0.852 bits per heavy atom. The third-order valence-corrected chi connectivity index (χ3v) is 5.16. The lowest BCUT2D eigenvalue weighted by Gasteiger charge is -2.34. The summed E-state index contributed by atoms with van der Waals surface area (Å²) in [5.41, 5.74) is 3.24. The monoisotopic (exact) mass is 360 g/mol. The van der Waals surface area contributed by atoms with Crippen LogP contribution in [0.25, 0.3) is 11.1 Å². The topological polar surface area (TPSA) is 36.7 Å². The van der Waals surface area contributed by atoms with Gasteiger partial charge in [0.25, 0.3) is 5.91 Å². The molecule has 1 fully saturated rings. The van der Waals surface area contributed by atoms with E-state index in [4.69, 9.17) is 4.42 Å². The lowest BCUT2D eigenvalue weighted by Crippen LogP contribution is -2.49. The van der Waals surface area contributed by atoms with Crippen molar-refractivity contribution < 1.29 is 9.21 Å². The number of furan rings is 1. The summed E-state index contributed by atoms with van der Waals surface area (Å²) in [6.45, 7) is 4.31. The second-order valence-electron chi connectivity index (χ2n) is 6.90. The molecule has 1 aliphatic rings. The van der Waals surface area contributed by atoms with E-state index in [1.54, 1.807) is 6.26 Å². The molecule has 1 aliphatic heterocycles. The molecule has 0 radical (unpaired) electrons. The van der Waals surface area contributed by atoms with Gasteiger partial charge in [0.2, 0.25) is 0 Å². The molecular weight excluding hydrogens is 336 g/mol. The maximum atomic E-state index is 13.0. The number of amides is 1. The highest BCUT2D eigenvalue weighted by Crippen LogP contribution is 2.26. The van der Waals surface area contributed by atoms with Crippen LogP contribution in [-0.4, -0.2) is 48.4 Å². The van der Waals surface area contributed by atoms with Crippen LogP contribution in [0.5, 0.6) is 0 Å². The smallest absolute Gasteiger partial charge is 0.290 e. The van der Waals surface area contributed by atoms with E-state index in [9.17, 15) is 4.79 Å². The van der Waals surface area contributed by atoms with Gasteiger partial charge in [0, 0.05) is 38.3 Å². The van der Waals surface area contributed by atoms with Gasteiger partial charge in [-0.1, -0.05) is 60.7 Å². The maximum Gasteiger partial charge on any atom is 0.290 e. The Bertz CT molecular complexity index is 866. The van der Waals surface area contributed by atoms with Crippen molar-refractivity contribution in [1.29, 1.82) is 0 Å². The molecule has 3 aromatic rings. The first kappa shape index (κ1) is 17.6. The number of nitrogens with zero attached hydrogens (tertiary/aromatic N) is 2. The van der Waals surface area contributed by atoms with Crippen molar-refractivity contribution in [3.8, 4) is 11.1 Å². The molecule has 2 aromatic carbocycles. The van der Waals surface area contributed by atoms with Crippen LogP contribution in [-0.2, 0) is 6.42 Å². The zero-order chi connectivity index (χ0) is 18.5. The van der Waals surface area contributed by atoms with Gasteiger partial charge in [-0.25, -0.2) is 0 Å². The number of rotatable bonds is 5. The minimum Gasteiger partial charge on any atom is -0.459 e. The second kappa shape index (κ2) is 8.23. The molecule has 4 nitrogen and oxygen atoms in total. The van der Waals surface area contributed by atoms with Crippen molar-refractivity contribution in [2.75, 3.05) is 32.7 Å². The summed E-state index contributed by atoms with van der Waals surface area (Å²) in [6.07, 6.45) is 2.65. The summed E-state index contributed by atoms with van der Waals surface area (Å²) in [6, 6.07) is 22.4. The predicted molar refractivity (Wildman–Crippen MR) is 107 cm³/mol. The van der Waals surface area contributed by atoms with Crippen molar-refractivity contribution in [2.24, 2.45) is 0 Å². The van der Waals surface area contributed by atoms with E-state index in [2.05, 4.69) is 29.2 Å². The van der Waals surface area contributed by atoms with E-state index < -0.39 is 0 Å². The highest BCUT2D eigenvalue weighted by atomic mass is 16.3. The first-order chi connectivity index (χ1) is 13.3. The number of benzene rings is 2. The molecule has 27 heavy (non-hydrogen) atoms. The van der Waals surface area contributed by atoms with Gasteiger partial charge >= 0.3 is 0 Å². The molecule has 0 saturated carbocycles. The predicted octanol–water partition coefficient (Wildman–Crippen LogP) is 3.95. The third-order valence-electron chi connectivity index (χ3n) is 5.16. The van der Waals surface area contributed by atoms with Crippen molar-refractivity contribution in [3.05, 3.63) is 84.3 Å². The molecule has 0 spiro atoms. The normalized spacial score (nSPS) is 15.0. The van der Waals surface area contributed by atoms with Crippen LogP contribution < -0.4 is 0 Å². The molecule has 0 atom stereocenters. The fourth-order valence-corrected chi connectivity index (χ4v) is 3.57. The zero-order valence-electron chi connectivity index (χ0n) is 15.4. The lowest BCUT2D eigenvalue weighted by molar-refractivity contribution is 0.0608. The van der Waals surface area contributed by atoms with Crippen LogP contribution in [0, 0.1) is 0 Å². The Labute approximate surface area is 160 Å². The Balaban J connectivity index is 1.35. The summed E-state index contributed by atoms with van der Waals surface area (Å²) in [5, 5.41) is 0. The number of piperazine rings is 1. The summed E-state index contributed by atoms with van der Waals surface area (Å²) >= 11 is 0. The summed E-state index contributed by atoms with van der Waals surface area (Å²) in [5.74, 6) is 0.431. The van der Waals surface area contributed by atoms with Crippen LogP contribution >= 0.6 is 0 Å². The molecule has 2 heterocycles. The van der Waals surface area contributed by atoms with Gasteiger partial charge in [-0.3, -0.25) is 9.69 Å². The minimum atomic E-state index is -0.0124. The van der Waals surface area contributed by atoms with E-state index >= 15 is 0 Å². The van der Waals surface area contributed by atoms with Crippen molar-refractivity contribution >= 4 is 5.91 Å².